The van der Waals surface area contributed by atoms with Crippen molar-refractivity contribution in [1.29, 1.82) is 0 Å². The summed E-state index contributed by atoms with van der Waals surface area (Å²) >= 11 is 0. The lowest BCUT2D eigenvalue weighted by Gasteiger charge is -2.36. The second kappa shape index (κ2) is 6.05. The van der Waals surface area contributed by atoms with Crippen molar-refractivity contribution in [2.75, 3.05) is 14.2 Å². The first kappa shape index (κ1) is 14.8. The molecule has 0 aromatic heterocycles. The van der Waals surface area contributed by atoms with Gasteiger partial charge in [0.05, 0.1) is 5.60 Å². The highest BCUT2D eigenvalue weighted by Crippen LogP contribution is 2.37. The molecule has 0 aromatic rings. The van der Waals surface area contributed by atoms with Crippen LogP contribution >= 0.6 is 0 Å². The van der Waals surface area contributed by atoms with E-state index in [1.54, 1.807) is 14.2 Å². The molecule has 0 spiro atoms. The Balaban J connectivity index is 2.47. The van der Waals surface area contributed by atoms with Crippen molar-refractivity contribution < 1.29 is 17.9 Å². The Morgan fingerprint density at radius 2 is 1.88 bits per heavy atom. The highest BCUT2D eigenvalue weighted by Gasteiger charge is 2.41. The van der Waals surface area contributed by atoms with Crippen molar-refractivity contribution in [1.82, 2.24) is 5.32 Å². The molecule has 5 heteroatoms. The fourth-order valence-electron chi connectivity index (χ4n) is 2.85. The maximum absolute atomic E-state index is 12.1. The van der Waals surface area contributed by atoms with Crippen LogP contribution in [0.2, 0.25) is 0 Å². The number of alkyl halides is 3. The molecule has 1 fully saturated rings. The standard InChI is InChI=1S/C12H22F3NO/c1-16-10(6-5-9-12(13,14)15)11(17-2)7-3-4-8-11/h10,16H,3-9H2,1-2H3. The maximum Gasteiger partial charge on any atom is 0.389 e. The predicted octanol–water partition coefficient (Wildman–Crippen LogP) is 3.27. The lowest BCUT2D eigenvalue weighted by Crippen LogP contribution is -2.49. The molecule has 1 atom stereocenters. The first-order valence-electron chi connectivity index (χ1n) is 6.23. The predicted molar refractivity (Wildman–Crippen MR) is 61.0 cm³/mol. The minimum Gasteiger partial charge on any atom is -0.377 e. The van der Waals surface area contributed by atoms with Crippen LogP contribution in [0.15, 0.2) is 0 Å². The monoisotopic (exact) mass is 253 g/mol. The number of halogens is 3. The van der Waals surface area contributed by atoms with E-state index in [0.29, 0.717) is 6.42 Å². The molecule has 1 N–H and O–H groups in total. The fourth-order valence-corrected chi connectivity index (χ4v) is 2.85. The van der Waals surface area contributed by atoms with Crippen LogP contribution in [0.4, 0.5) is 13.2 Å². The number of nitrogens with one attached hydrogen (secondary N) is 1. The molecule has 1 unspecified atom stereocenters. The van der Waals surface area contributed by atoms with E-state index in [4.69, 9.17) is 4.74 Å². The third-order valence-electron chi connectivity index (χ3n) is 3.79. The van der Waals surface area contributed by atoms with E-state index in [1.165, 1.54) is 0 Å². The number of methoxy groups -OCH3 is 1. The van der Waals surface area contributed by atoms with E-state index in [9.17, 15) is 13.2 Å². The van der Waals surface area contributed by atoms with Gasteiger partial charge < -0.3 is 10.1 Å². The van der Waals surface area contributed by atoms with E-state index < -0.39 is 12.6 Å². The zero-order valence-electron chi connectivity index (χ0n) is 10.6. The molecule has 0 heterocycles. The topological polar surface area (TPSA) is 21.3 Å². The van der Waals surface area contributed by atoms with Gasteiger partial charge in [-0.15, -0.1) is 0 Å². The number of rotatable bonds is 6. The third-order valence-corrected chi connectivity index (χ3v) is 3.79. The molecular weight excluding hydrogens is 231 g/mol. The van der Waals surface area contributed by atoms with Crippen LogP contribution in [0.5, 0.6) is 0 Å². The molecular formula is C12H22F3NO. The lowest BCUT2D eigenvalue weighted by atomic mass is 9.88. The number of hydrogen-bond acceptors (Lipinski definition) is 2. The van der Waals surface area contributed by atoms with Crippen LogP contribution in [-0.4, -0.2) is 32.0 Å². The summed E-state index contributed by atoms with van der Waals surface area (Å²) in [5, 5.41) is 3.13. The lowest BCUT2D eigenvalue weighted by molar-refractivity contribution is -0.137. The van der Waals surface area contributed by atoms with Gasteiger partial charge in [0.1, 0.15) is 0 Å². The van der Waals surface area contributed by atoms with Gasteiger partial charge in [-0.25, -0.2) is 0 Å². The molecule has 0 radical (unpaired) electrons. The summed E-state index contributed by atoms with van der Waals surface area (Å²) in [5.41, 5.74) is -0.250. The fraction of sp³-hybridized carbons (Fsp3) is 1.00. The van der Waals surface area contributed by atoms with Gasteiger partial charge in [0.15, 0.2) is 0 Å². The Kier molecular flexibility index (Phi) is 5.25. The van der Waals surface area contributed by atoms with E-state index in [1.807, 2.05) is 0 Å². The summed E-state index contributed by atoms with van der Waals surface area (Å²) in [6.45, 7) is 0. The molecule has 102 valence electrons. The van der Waals surface area contributed by atoms with Gasteiger partial charge >= 0.3 is 6.18 Å². The van der Waals surface area contributed by atoms with Crippen LogP contribution in [0, 0.1) is 0 Å². The normalized spacial score (nSPS) is 21.7. The zero-order chi connectivity index (χ0) is 12.9. The van der Waals surface area contributed by atoms with Crippen LogP contribution < -0.4 is 5.32 Å². The molecule has 1 aliphatic carbocycles. The summed E-state index contributed by atoms with van der Waals surface area (Å²) in [6.07, 6.45) is 0.0295. The second-order valence-electron chi connectivity index (χ2n) is 4.82. The summed E-state index contributed by atoms with van der Waals surface area (Å²) in [4.78, 5) is 0. The Morgan fingerprint density at radius 3 is 2.29 bits per heavy atom. The quantitative estimate of drug-likeness (QED) is 0.784. The van der Waals surface area contributed by atoms with Gasteiger partial charge in [0, 0.05) is 19.6 Å². The van der Waals surface area contributed by atoms with Crippen molar-refractivity contribution >= 4 is 0 Å². The summed E-state index contributed by atoms with van der Waals surface area (Å²) in [6, 6.07) is 0.0253. The van der Waals surface area contributed by atoms with Crippen LogP contribution in [0.1, 0.15) is 44.9 Å². The molecule has 0 aliphatic heterocycles. The van der Waals surface area contributed by atoms with E-state index in [0.717, 1.165) is 25.7 Å². The van der Waals surface area contributed by atoms with Crippen LogP contribution in [0.25, 0.3) is 0 Å². The average molecular weight is 253 g/mol. The SMILES string of the molecule is CNC(CCCC(F)(F)F)C1(OC)CCCC1. The molecule has 1 aliphatic rings. The van der Waals surface area contributed by atoms with Gasteiger partial charge in [0.2, 0.25) is 0 Å². The third kappa shape index (κ3) is 4.14. The summed E-state index contributed by atoms with van der Waals surface area (Å²) < 4.78 is 41.9. The highest BCUT2D eigenvalue weighted by atomic mass is 19.4. The first-order valence-corrected chi connectivity index (χ1v) is 6.23. The molecule has 0 saturated heterocycles. The van der Waals surface area contributed by atoms with Crippen LogP contribution in [0.3, 0.4) is 0 Å². The van der Waals surface area contributed by atoms with Crippen molar-refractivity contribution in [2.24, 2.45) is 0 Å². The zero-order valence-corrected chi connectivity index (χ0v) is 10.6. The average Bonchev–Trinajstić information content (AvgIpc) is 2.72. The van der Waals surface area contributed by atoms with Crippen molar-refractivity contribution in [2.45, 2.75) is 62.8 Å². The second-order valence-corrected chi connectivity index (χ2v) is 4.82. The maximum atomic E-state index is 12.1. The van der Waals surface area contributed by atoms with E-state index in [-0.39, 0.29) is 18.1 Å². The number of ether oxygens (including phenoxy) is 1. The summed E-state index contributed by atoms with van der Waals surface area (Å²) in [7, 11) is 3.47. The smallest absolute Gasteiger partial charge is 0.377 e. The van der Waals surface area contributed by atoms with Gasteiger partial charge in [-0.1, -0.05) is 12.8 Å². The Bertz CT molecular complexity index is 224. The van der Waals surface area contributed by atoms with Gasteiger partial charge in [-0.05, 0) is 32.7 Å². The van der Waals surface area contributed by atoms with Crippen molar-refractivity contribution in [3.05, 3.63) is 0 Å². The largest absolute Gasteiger partial charge is 0.389 e. The Labute approximate surface area is 101 Å². The molecule has 0 aromatic carbocycles. The molecule has 1 saturated carbocycles. The number of hydrogen-bond donors (Lipinski definition) is 1. The Hall–Kier alpha value is -0.290. The molecule has 0 bridgehead atoms. The Morgan fingerprint density at radius 1 is 1.29 bits per heavy atom. The van der Waals surface area contributed by atoms with Crippen molar-refractivity contribution in [3.8, 4) is 0 Å². The summed E-state index contributed by atoms with van der Waals surface area (Å²) in [5.74, 6) is 0. The van der Waals surface area contributed by atoms with Crippen LogP contribution in [-0.2, 0) is 4.74 Å². The van der Waals surface area contributed by atoms with E-state index >= 15 is 0 Å². The minimum absolute atomic E-state index is 0.0253. The van der Waals surface area contributed by atoms with Gasteiger partial charge in [0.25, 0.3) is 0 Å². The van der Waals surface area contributed by atoms with Crippen molar-refractivity contribution in [3.63, 3.8) is 0 Å². The highest BCUT2D eigenvalue weighted by molar-refractivity contribution is 4.96. The minimum atomic E-state index is -4.05. The molecule has 1 rings (SSSR count). The van der Waals surface area contributed by atoms with Gasteiger partial charge in [-0.2, -0.15) is 13.2 Å². The van der Waals surface area contributed by atoms with Gasteiger partial charge in [-0.3, -0.25) is 0 Å². The molecule has 2 nitrogen and oxygen atoms in total. The van der Waals surface area contributed by atoms with E-state index in [2.05, 4.69) is 5.32 Å². The molecule has 0 amide bonds. The molecule has 17 heavy (non-hydrogen) atoms. The first-order chi connectivity index (χ1) is 7.93. The number of likely N-dealkylation sites (N-methyl/N-ethyl adjacent to an activating group) is 1.